The molecule has 0 unspecified atom stereocenters. The van der Waals surface area contributed by atoms with E-state index in [2.05, 4.69) is 15.6 Å². The van der Waals surface area contributed by atoms with Gasteiger partial charge in [0.2, 0.25) is 0 Å². The number of aryl methyl sites for hydroxylation is 2. The van der Waals surface area contributed by atoms with Crippen LogP contribution >= 0.6 is 11.6 Å². The number of anilines is 1. The summed E-state index contributed by atoms with van der Waals surface area (Å²) in [4.78, 5) is 22.7. The minimum Gasteiger partial charge on any atom is -0.382 e. The van der Waals surface area contributed by atoms with Crippen molar-refractivity contribution in [3.63, 3.8) is 0 Å². The average molecular weight is 404 g/mol. The van der Waals surface area contributed by atoms with Crippen LogP contribution in [0.25, 0.3) is 5.69 Å². The lowest BCUT2D eigenvalue weighted by molar-refractivity contribution is -0.384. The fourth-order valence-corrected chi connectivity index (χ4v) is 3.00. The zero-order valence-electron chi connectivity index (χ0n) is 15.3. The Hall–Kier alpha value is -3.20. The first-order valence-corrected chi connectivity index (χ1v) is 8.94. The second-order valence-electron chi connectivity index (χ2n) is 6.20. The number of non-ortho nitro benzene ring substituents is 1. The summed E-state index contributed by atoms with van der Waals surface area (Å²) >= 11 is 6.19. The van der Waals surface area contributed by atoms with Gasteiger partial charge in [-0.25, -0.2) is 0 Å². The summed E-state index contributed by atoms with van der Waals surface area (Å²) in [7, 11) is 0. The van der Waals surface area contributed by atoms with Crippen molar-refractivity contribution < 1.29 is 9.45 Å². The Morgan fingerprint density at radius 1 is 1.29 bits per heavy atom. The molecule has 0 radical (unpaired) electrons. The zero-order chi connectivity index (χ0) is 20.3. The second kappa shape index (κ2) is 8.22. The molecule has 146 valence electrons. The largest absolute Gasteiger partial charge is 0.382 e. The molecule has 3 aromatic rings. The molecule has 0 saturated carbocycles. The molecule has 2 heterocycles. The SMILES string of the molecule is Cc1noc(C)c1CCCNc1cnn(-c2ccc([N+](=O)[O-])cc2)c(=O)c1Cl. The molecule has 28 heavy (non-hydrogen) atoms. The van der Waals surface area contributed by atoms with Gasteiger partial charge >= 0.3 is 0 Å². The molecule has 0 spiro atoms. The topological polar surface area (TPSA) is 116 Å². The molecular formula is C18H18ClN5O4. The van der Waals surface area contributed by atoms with Gasteiger partial charge in [0.05, 0.1) is 28.2 Å². The van der Waals surface area contributed by atoms with Crippen LogP contribution in [-0.4, -0.2) is 26.4 Å². The van der Waals surface area contributed by atoms with E-state index in [1.807, 2.05) is 13.8 Å². The Bertz CT molecular complexity index is 1040. The number of halogens is 1. The van der Waals surface area contributed by atoms with Gasteiger partial charge in [0.1, 0.15) is 10.8 Å². The quantitative estimate of drug-likeness (QED) is 0.365. The number of rotatable bonds is 7. The van der Waals surface area contributed by atoms with Gasteiger partial charge in [-0.2, -0.15) is 9.78 Å². The third-order valence-electron chi connectivity index (χ3n) is 4.32. The van der Waals surface area contributed by atoms with E-state index in [-0.39, 0.29) is 10.7 Å². The number of nitro groups is 1. The van der Waals surface area contributed by atoms with Gasteiger partial charge < -0.3 is 9.84 Å². The van der Waals surface area contributed by atoms with Crippen LogP contribution < -0.4 is 10.9 Å². The van der Waals surface area contributed by atoms with Crippen molar-refractivity contribution >= 4 is 23.0 Å². The standard InChI is InChI=1S/C18H18ClN5O4/c1-11-15(12(2)28-22-11)4-3-9-20-16-10-21-23(18(25)17(16)19)13-5-7-14(8-6-13)24(26)27/h5-8,10,20H,3-4,9H2,1-2H3. The molecule has 0 aliphatic rings. The minimum absolute atomic E-state index is 0.00527. The highest BCUT2D eigenvalue weighted by Gasteiger charge is 2.13. The van der Waals surface area contributed by atoms with Gasteiger partial charge in [0.15, 0.2) is 0 Å². The van der Waals surface area contributed by atoms with Crippen LogP contribution in [0.2, 0.25) is 5.02 Å². The highest BCUT2D eigenvalue weighted by atomic mass is 35.5. The van der Waals surface area contributed by atoms with Crippen molar-refractivity contribution in [2.75, 3.05) is 11.9 Å². The van der Waals surface area contributed by atoms with Crippen LogP contribution in [0.1, 0.15) is 23.4 Å². The predicted molar refractivity (Wildman–Crippen MR) is 104 cm³/mol. The van der Waals surface area contributed by atoms with Crippen molar-refractivity contribution in [2.24, 2.45) is 0 Å². The Morgan fingerprint density at radius 3 is 2.61 bits per heavy atom. The van der Waals surface area contributed by atoms with E-state index in [1.54, 1.807) is 0 Å². The number of nitrogens with zero attached hydrogens (tertiary/aromatic N) is 4. The molecule has 0 aliphatic carbocycles. The van der Waals surface area contributed by atoms with Gasteiger partial charge in [-0.1, -0.05) is 16.8 Å². The Morgan fingerprint density at radius 2 is 2.00 bits per heavy atom. The van der Waals surface area contributed by atoms with Crippen molar-refractivity contribution in [3.8, 4) is 5.69 Å². The number of hydrogen-bond donors (Lipinski definition) is 1. The van der Waals surface area contributed by atoms with E-state index in [1.165, 1.54) is 30.5 Å². The molecule has 0 atom stereocenters. The van der Waals surface area contributed by atoms with E-state index in [0.717, 1.165) is 34.5 Å². The molecule has 0 amide bonds. The first-order chi connectivity index (χ1) is 13.4. The lowest BCUT2D eigenvalue weighted by Crippen LogP contribution is -2.23. The van der Waals surface area contributed by atoms with Gasteiger partial charge in [-0.3, -0.25) is 14.9 Å². The smallest absolute Gasteiger partial charge is 0.292 e. The van der Waals surface area contributed by atoms with Crippen LogP contribution in [0.3, 0.4) is 0 Å². The first-order valence-electron chi connectivity index (χ1n) is 8.56. The Kier molecular flexibility index (Phi) is 5.74. The summed E-state index contributed by atoms with van der Waals surface area (Å²) in [6, 6.07) is 5.50. The van der Waals surface area contributed by atoms with Gasteiger partial charge in [-0.05, 0) is 38.8 Å². The fraction of sp³-hybridized carbons (Fsp3) is 0.278. The number of nitrogens with one attached hydrogen (secondary N) is 1. The molecule has 0 fully saturated rings. The second-order valence-corrected chi connectivity index (χ2v) is 6.57. The summed E-state index contributed by atoms with van der Waals surface area (Å²) < 4.78 is 6.24. The number of nitro benzene ring substituents is 1. The minimum atomic E-state index is -0.511. The van der Waals surface area contributed by atoms with E-state index in [0.29, 0.717) is 17.9 Å². The molecule has 3 rings (SSSR count). The molecular weight excluding hydrogens is 386 g/mol. The van der Waals surface area contributed by atoms with Crippen LogP contribution in [-0.2, 0) is 6.42 Å². The lowest BCUT2D eigenvalue weighted by atomic mass is 10.1. The molecule has 0 aliphatic heterocycles. The lowest BCUT2D eigenvalue weighted by Gasteiger charge is -2.10. The van der Waals surface area contributed by atoms with Crippen LogP contribution in [0.4, 0.5) is 11.4 Å². The highest BCUT2D eigenvalue weighted by Crippen LogP contribution is 2.19. The maximum Gasteiger partial charge on any atom is 0.292 e. The van der Waals surface area contributed by atoms with Gasteiger partial charge in [0.25, 0.3) is 11.2 Å². The zero-order valence-corrected chi connectivity index (χ0v) is 16.1. The third kappa shape index (κ3) is 4.04. The van der Waals surface area contributed by atoms with Gasteiger partial charge in [-0.15, -0.1) is 0 Å². The maximum atomic E-state index is 12.5. The fourth-order valence-electron chi connectivity index (χ4n) is 2.80. The molecule has 2 aromatic heterocycles. The van der Waals surface area contributed by atoms with Crippen molar-refractivity contribution in [3.05, 3.63) is 73.0 Å². The summed E-state index contributed by atoms with van der Waals surface area (Å²) in [5.74, 6) is 0.808. The summed E-state index contributed by atoms with van der Waals surface area (Å²) in [5.41, 5.74) is 2.21. The molecule has 0 bridgehead atoms. The molecule has 1 aromatic carbocycles. The number of hydrogen-bond acceptors (Lipinski definition) is 7. The summed E-state index contributed by atoms with van der Waals surface area (Å²) in [6.45, 7) is 4.37. The Balaban J connectivity index is 1.68. The maximum absolute atomic E-state index is 12.5. The molecule has 0 saturated heterocycles. The highest BCUT2D eigenvalue weighted by molar-refractivity contribution is 6.32. The predicted octanol–water partition coefficient (Wildman–Crippen LogP) is 3.44. The average Bonchev–Trinajstić information content (AvgIpc) is 3.00. The third-order valence-corrected chi connectivity index (χ3v) is 4.69. The van der Waals surface area contributed by atoms with Crippen LogP contribution in [0, 0.1) is 24.0 Å². The van der Waals surface area contributed by atoms with E-state index in [4.69, 9.17) is 16.1 Å². The monoisotopic (exact) mass is 403 g/mol. The number of aromatic nitrogens is 3. The van der Waals surface area contributed by atoms with Crippen LogP contribution in [0.15, 0.2) is 39.8 Å². The molecule has 10 heteroatoms. The molecule has 9 nitrogen and oxygen atoms in total. The van der Waals surface area contributed by atoms with E-state index >= 15 is 0 Å². The summed E-state index contributed by atoms with van der Waals surface area (Å²) in [6.07, 6.45) is 3.05. The van der Waals surface area contributed by atoms with Crippen molar-refractivity contribution in [1.82, 2.24) is 14.9 Å². The number of benzene rings is 1. The Labute approximate surface area is 165 Å². The van der Waals surface area contributed by atoms with Gasteiger partial charge in [0, 0.05) is 24.2 Å². The van der Waals surface area contributed by atoms with Crippen molar-refractivity contribution in [2.45, 2.75) is 26.7 Å². The van der Waals surface area contributed by atoms with Crippen LogP contribution in [0.5, 0.6) is 0 Å². The first kappa shape index (κ1) is 19.6. The summed E-state index contributed by atoms with van der Waals surface area (Å²) in [5, 5.41) is 21.9. The van der Waals surface area contributed by atoms with E-state index < -0.39 is 10.5 Å². The van der Waals surface area contributed by atoms with E-state index in [9.17, 15) is 14.9 Å². The normalized spacial score (nSPS) is 10.8. The van der Waals surface area contributed by atoms with Crippen molar-refractivity contribution in [1.29, 1.82) is 0 Å². The molecule has 1 N–H and O–H groups in total.